The SMILES string of the molecule is CC1=CCC(CN2CCC[C@@H]2C(F)(F)F)C=C1. The Morgan fingerprint density at radius 3 is 2.76 bits per heavy atom. The van der Waals surface area contributed by atoms with E-state index in [4.69, 9.17) is 0 Å². The van der Waals surface area contributed by atoms with E-state index in [-0.39, 0.29) is 12.3 Å². The summed E-state index contributed by atoms with van der Waals surface area (Å²) in [7, 11) is 0. The molecule has 0 aromatic heterocycles. The van der Waals surface area contributed by atoms with Crippen molar-refractivity contribution in [1.29, 1.82) is 0 Å². The van der Waals surface area contributed by atoms with Gasteiger partial charge < -0.3 is 0 Å². The van der Waals surface area contributed by atoms with Gasteiger partial charge in [0.05, 0.1) is 0 Å². The first-order chi connectivity index (χ1) is 7.97. The Labute approximate surface area is 100.0 Å². The Morgan fingerprint density at radius 2 is 2.18 bits per heavy atom. The van der Waals surface area contributed by atoms with Gasteiger partial charge in [-0.1, -0.05) is 23.8 Å². The van der Waals surface area contributed by atoms with Gasteiger partial charge in [0.1, 0.15) is 6.04 Å². The van der Waals surface area contributed by atoms with Crippen LogP contribution in [0.2, 0.25) is 0 Å². The molecular formula is C13H18F3N. The molecule has 0 saturated carbocycles. The number of halogens is 3. The maximum Gasteiger partial charge on any atom is 0.404 e. The van der Waals surface area contributed by atoms with Crippen molar-refractivity contribution in [1.82, 2.24) is 4.90 Å². The quantitative estimate of drug-likeness (QED) is 0.719. The highest BCUT2D eigenvalue weighted by atomic mass is 19.4. The highest BCUT2D eigenvalue weighted by molar-refractivity contribution is 5.21. The zero-order valence-electron chi connectivity index (χ0n) is 10.0. The van der Waals surface area contributed by atoms with Gasteiger partial charge in [0.25, 0.3) is 0 Å². The van der Waals surface area contributed by atoms with Crippen LogP contribution in [-0.2, 0) is 0 Å². The van der Waals surface area contributed by atoms with E-state index in [1.165, 1.54) is 5.57 Å². The minimum absolute atomic E-state index is 0.238. The molecule has 0 N–H and O–H groups in total. The monoisotopic (exact) mass is 245 g/mol. The molecule has 1 heterocycles. The lowest BCUT2D eigenvalue weighted by atomic mass is 9.96. The average Bonchev–Trinajstić information content (AvgIpc) is 2.69. The lowest BCUT2D eigenvalue weighted by Gasteiger charge is -2.29. The molecule has 0 bridgehead atoms. The number of allylic oxidation sites excluding steroid dienone is 3. The number of hydrogen-bond donors (Lipinski definition) is 0. The van der Waals surface area contributed by atoms with E-state index in [0.717, 1.165) is 6.42 Å². The molecule has 0 amide bonds. The third kappa shape index (κ3) is 3.12. The zero-order valence-corrected chi connectivity index (χ0v) is 10.0. The van der Waals surface area contributed by atoms with E-state index in [1.54, 1.807) is 4.90 Å². The van der Waals surface area contributed by atoms with Crippen molar-refractivity contribution in [2.75, 3.05) is 13.1 Å². The van der Waals surface area contributed by atoms with E-state index in [1.807, 2.05) is 19.1 Å². The highest BCUT2D eigenvalue weighted by Gasteiger charge is 2.45. The van der Waals surface area contributed by atoms with Crippen molar-refractivity contribution in [2.24, 2.45) is 5.92 Å². The van der Waals surface area contributed by atoms with Crippen LogP contribution in [0.1, 0.15) is 26.2 Å². The molecule has 0 radical (unpaired) electrons. The first-order valence-electron chi connectivity index (χ1n) is 6.12. The predicted octanol–water partition coefficient (Wildman–Crippen LogP) is 3.54. The van der Waals surface area contributed by atoms with Crippen LogP contribution < -0.4 is 0 Å². The Kier molecular flexibility index (Phi) is 3.61. The van der Waals surface area contributed by atoms with Gasteiger partial charge >= 0.3 is 6.18 Å². The summed E-state index contributed by atoms with van der Waals surface area (Å²) in [5, 5.41) is 0. The maximum atomic E-state index is 12.8. The maximum absolute atomic E-state index is 12.8. The molecule has 1 fully saturated rings. The van der Waals surface area contributed by atoms with Crippen LogP contribution in [0.4, 0.5) is 13.2 Å². The van der Waals surface area contributed by atoms with Crippen LogP contribution in [0.5, 0.6) is 0 Å². The summed E-state index contributed by atoms with van der Waals surface area (Å²) >= 11 is 0. The van der Waals surface area contributed by atoms with Crippen LogP contribution in [0.25, 0.3) is 0 Å². The van der Waals surface area contributed by atoms with E-state index >= 15 is 0 Å². The topological polar surface area (TPSA) is 3.24 Å². The van der Waals surface area contributed by atoms with Crippen LogP contribution in [0, 0.1) is 5.92 Å². The Morgan fingerprint density at radius 1 is 1.41 bits per heavy atom. The molecule has 96 valence electrons. The second-order valence-electron chi connectivity index (χ2n) is 5.00. The Balaban J connectivity index is 1.93. The third-order valence-corrected chi connectivity index (χ3v) is 3.58. The first kappa shape index (κ1) is 12.7. The summed E-state index contributed by atoms with van der Waals surface area (Å²) in [5.41, 5.74) is 1.20. The van der Waals surface area contributed by atoms with E-state index < -0.39 is 12.2 Å². The average molecular weight is 245 g/mol. The van der Waals surface area contributed by atoms with Gasteiger partial charge in [-0.15, -0.1) is 0 Å². The van der Waals surface area contributed by atoms with Crippen LogP contribution in [0.15, 0.2) is 23.8 Å². The molecule has 2 aliphatic rings. The molecule has 17 heavy (non-hydrogen) atoms. The number of likely N-dealkylation sites (tertiary alicyclic amines) is 1. The summed E-state index contributed by atoms with van der Waals surface area (Å²) in [6.07, 6.45) is 3.87. The number of nitrogens with zero attached hydrogens (tertiary/aromatic N) is 1. The summed E-state index contributed by atoms with van der Waals surface area (Å²) in [6.45, 7) is 3.13. The van der Waals surface area contributed by atoms with Crippen LogP contribution in [-0.4, -0.2) is 30.2 Å². The fraction of sp³-hybridized carbons (Fsp3) is 0.692. The highest BCUT2D eigenvalue weighted by Crippen LogP contribution is 2.33. The molecule has 1 aliphatic heterocycles. The number of rotatable bonds is 2. The Bertz CT molecular complexity index is 330. The molecule has 0 spiro atoms. The number of alkyl halides is 3. The summed E-state index contributed by atoms with van der Waals surface area (Å²) < 4.78 is 38.3. The lowest BCUT2D eigenvalue weighted by molar-refractivity contribution is -0.176. The molecule has 2 rings (SSSR count). The van der Waals surface area contributed by atoms with Crippen molar-refractivity contribution < 1.29 is 13.2 Å². The van der Waals surface area contributed by atoms with Gasteiger partial charge in [-0.2, -0.15) is 13.2 Å². The second kappa shape index (κ2) is 4.84. The minimum atomic E-state index is -4.07. The van der Waals surface area contributed by atoms with E-state index in [2.05, 4.69) is 6.08 Å². The molecule has 1 aliphatic carbocycles. The van der Waals surface area contributed by atoms with Crippen molar-refractivity contribution in [2.45, 2.75) is 38.4 Å². The summed E-state index contributed by atoms with van der Waals surface area (Å²) in [5.74, 6) is 0.238. The molecule has 2 atom stereocenters. The predicted molar refractivity (Wildman–Crippen MR) is 61.7 cm³/mol. The lowest BCUT2D eigenvalue weighted by Crippen LogP contribution is -2.43. The van der Waals surface area contributed by atoms with Crippen LogP contribution in [0.3, 0.4) is 0 Å². The second-order valence-corrected chi connectivity index (χ2v) is 5.00. The van der Waals surface area contributed by atoms with Gasteiger partial charge in [-0.05, 0) is 38.6 Å². The van der Waals surface area contributed by atoms with E-state index in [9.17, 15) is 13.2 Å². The summed E-state index contributed by atoms with van der Waals surface area (Å²) in [4.78, 5) is 1.60. The normalized spacial score (nSPS) is 30.7. The molecule has 1 saturated heterocycles. The van der Waals surface area contributed by atoms with Crippen molar-refractivity contribution in [3.05, 3.63) is 23.8 Å². The molecule has 4 heteroatoms. The molecular weight excluding hydrogens is 227 g/mol. The summed E-state index contributed by atoms with van der Waals surface area (Å²) in [6, 6.07) is -1.22. The van der Waals surface area contributed by atoms with Gasteiger partial charge in [0, 0.05) is 6.54 Å². The molecule has 1 nitrogen and oxygen atoms in total. The smallest absolute Gasteiger partial charge is 0.292 e. The van der Waals surface area contributed by atoms with Crippen LogP contribution >= 0.6 is 0 Å². The van der Waals surface area contributed by atoms with Gasteiger partial charge in [-0.3, -0.25) is 4.90 Å². The van der Waals surface area contributed by atoms with Crippen molar-refractivity contribution in [3.63, 3.8) is 0 Å². The number of hydrogen-bond acceptors (Lipinski definition) is 1. The van der Waals surface area contributed by atoms with Gasteiger partial charge in [0.2, 0.25) is 0 Å². The van der Waals surface area contributed by atoms with Crippen molar-refractivity contribution in [3.8, 4) is 0 Å². The third-order valence-electron chi connectivity index (χ3n) is 3.58. The van der Waals surface area contributed by atoms with E-state index in [0.29, 0.717) is 19.5 Å². The van der Waals surface area contributed by atoms with Crippen molar-refractivity contribution >= 4 is 0 Å². The molecule has 0 aromatic carbocycles. The van der Waals surface area contributed by atoms with Gasteiger partial charge in [-0.25, -0.2) is 0 Å². The minimum Gasteiger partial charge on any atom is -0.292 e. The molecule has 1 unspecified atom stereocenters. The zero-order chi connectivity index (χ0) is 12.5. The first-order valence-corrected chi connectivity index (χ1v) is 6.12. The largest absolute Gasteiger partial charge is 0.404 e. The van der Waals surface area contributed by atoms with Gasteiger partial charge in [0.15, 0.2) is 0 Å². The standard InChI is InChI=1S/C13H18F3N/c1-10-4-6-11(7-5-10)9-17-8-2-3-12(17)13(14,15)16/h4-6,11-12H,2-3,7-9H2,1H3/t11?,12-/m1/s1. The fourth-order valence-corrected chi connectivity index (χ4v) is 2.62. The Hall–Kier alpha value is -0.770. The fourth-order valence-electron chi connectivity index (χ4n) is 2.62. The molecule has 0 aromatic rings.